The first-order valence-electron chi connectivity index (χ1n) is 7.44. The third kappa shape index (κ3) is 4.54. The van der Waals surface area contributed by atoms with Crippen LogP contribution in [0.25, 0.3) is 11.0 Å². The van der Waals surface area contributed by atoms with Crippen LogP contribution in [0.5, 0.6) is 0 Å². The number of aromatic nitrogens is 2. The summed E-state index contributed by atoms with van der Waals surface area (Å²) in [6, 6.07) is 8.24. The van der Waals surface area contributed by atoms with E-state index in [-0.39, 0.29) is 5.75 Å². The van der Waals surface area contributed by atoms with Crippen LogP contribution < -0.4 is 4.57 Å². The van der Waals surface area contributed by atoms with E-state index in [4.69, 9.17) is 4.55 Å². The van der Waals surface area contributed by atoms with E-state index < -0.39 is 10.1 Å². The number of aryl methyl sites for hydroxylation is 2. The van der Waals surface area contributed by atoms with Gasteiger partial charge in [0, 0.05) is 0 Å². The molecule has 6 heteroatoms. The van der Waals surface area contributed by atoms with Crippen molar-refractivity contribution in [1.82, 2.24) is 4.57 Å². The number of unbranched alkanes of at least 4 members (excludes halogenated alkanes) is 2. The number of rotatable bonds is 8. The van der Waals surface area contributed by atoms with Crippen molar-refractivity contribution >= 4 is 21.2 Å². The van der Waals surface area contributed by atoms with Gasteiger partial charge in [-0.2, -0.15) is 8.42 Å². The Morgan fingerprint density at radius 2 is 1.95 bits per heavy atom. The molecule has 1 aromatic heterocycles. The predicted molar refractivity (Wildman–Crippen MR) is 82.7 cm³/mol. The Balaban J connectivity index is 2.08. The maximum atomic E-state index is 10.7. The highest BCUT2D eigenvalue weighted by molar-refractivity contribution is 7.85. The van der Waals surface area contributed by atoms with Gasteiger partial charge in [-0.05, 0) is 31.4 Å². The number of imidazole rings is 1. The lowest BCUT2D eigenvalue weighted by Gasteiger charge is -1.98. The van der Waals surface area contributed by atoms with E-state index >= 15 is 0 Å². The fraction of sp³-hybridized carbons (Fsp3) is 0.533. The lowest BCUT2D eigenvalue weighted by atomic mass is 10.3. The van der Waals surface area contributed by atoms with Crippen molar-refractivity contribution < 1.29 is 17.5 Å². The van der Waals surface area contributed by atoms with Gasteiger partial charge < -0.3 is 0 Å². The van der Waals surface area contributed by atoms with E-state index in [1.165, 1.54) is 11.0 Å². The second kappa shape index (κ2) is 7.04. The van der Waals surface area contributed by atoms with E-state index in [0.717, 1.165) is 32.4 Å². The Hall–Kier alpha value is -1.40. The maximum Gasteiger partial charge on any atom is 0.264 e. The zero-order valence-electron chi connectivity index (χ0n) is 12.4. The molecule has 0 spiro atoms. The molecule has 0 fully saturated rings. The van der Waals surface area contributed by atoms with E-state index in [1.807, 2.05) is 12.1 Å². The summed E-state index contributed by atoms with van der Waals surface area (Å²) in [4.78, 5) is 0. The number of para-hydroxylation sites is 2. The van der Waals surface area contributed by atoms with Crippen LogP contribution in [0.2, 0.25) is 0 Å². The van der Waals surface area contributed by atoms with E-state index in [9.17, 15) is 8.42 Å². The summed E-state index contributed by atoms with van der Waals surface area (Å²) in [5.41, 5.74) is 2.38. The molecule has 5 nitrogen and oxygen atoms in total. The monoisotopic (exact) mass is 311 g/mol. The molecule has 0 amide bonds. The maximum absolute atomic E-state index is 10.7. The minimum atomic E-state index is -3.84. The smallest absolute Gasteiger partial charge is 0.264 e. The zero-order chi connectivity index (χ0) is 15.3. The van der Waals surface area contributed by atoms with E-state index in [1.54, 1.807) is 0 Å². The Bertz CT molecular complexity index is 692. The molecule has 2 rings (SSSR count). The van der Waals surface area contributed by atoms with Gasteiger partial charge in [-0.3, -0.25) is 4.55 Å². The van der Waals surface area contributed by atoms with Crippen LogP contribution in [0.3, 0.4) is 0 Å². The Morgan fingerprint density at radius 1 is 1.19 bits per heavy atom. The van der Waals surface area contributed by atoms with Crippen molar-refractivity contribution in [2.75, 3.05) is 5.75 Å². The normalized spacial score (nSPS) is 12.1. The summed E-state index contributed by atoms with van der Waals surface area (Å²) < 4.78 is 34.6. The van der Waals surface area contributed by atoms with E-state index in [0.29, 0.717) is 6.42 Å². The van der Waals surface area contributed by atoms with Gasteiger partial charge in [0.05, 0.1) is 18.8 Å². The molecule has 0 radical (unpaired) electrons. The first-order valence-corrected chi connectivity index (χ1v) is 9.04. The molecule has 1 aromatic carbocycles. The van der Waals surface area contributed by atoms with Gasteiger partial charge >= 0.3 is 0 Å². The number of hydrogen-bond donors (Lipinski definition) is 1. The standard InChI is InChI=1S/C15H22N2O3S/c1-2-3-10-16-13-17(11-6-7-12-21(18,19)20)15-9-5-4-8-14(15)16/h4-5,8-9,13H,2-3,6-7,10-12H2,1H3/p+1. The predicted octanol–water partition coefficient (Wildman–Crippen LogP) is 2.40. The number of fused-ring (bicyclic) bond motifs is 1. The summed E-state index contributed by atoms with van der Waals surface area (Å²) in [6.45, 7) is 3.93. The van der Waals surface area contributed by atoms with Gasteiger partial charge in [0.25, 0.3) is 10.1 Å². The summed E-state index contributed by atoms with van der Waals surface area (Å²) in [5.74, 6) is -0.165. The molecule has 1 heterocycles. The highest BCUT2D eigenvalue weighted by atomic mass is 32.2. The Labute approximate surface area is 126 Å². The minimum absolute atomic E-state index is 0.165. The fourth-order valence-corrected chi connectivity index (χ4v) is 3.06. The van der Waals surface area contributed by atoms with Crippen LogP contribution >= 0.6 is 0 Å². The van der Waals surface area contributed by atoms with Crippen LogP contribution in [-0.2, 0) is 23.2 Å². The minimum Gasteiger partial charge on any atom is -0.286 e. The molecule has 0 bridgehead atoms. The SMILES string of the molecule is CCCCn1c[n+](CCCCS(=O)(=O)O)c2ccccc21. The molecule has 1 N–H and O–H groups in total. The molecular formula is C15H23N2O3S+. The van der Waals surface area contributed by atoms with Crippen LogP contribution in [0.1, 0.15) is 32.6 Å². The number of hydrogen-bond acceptors (Lipinski definition) is 2. The highest BCUT2D eigenvalue weighted by Crippen LogP contribution is 2.12. The molecule has 0 unspecified atom stereocenters. The molecule has 0 aliphatic heterocycles. The van der Waals surface area contributed by atoms with E-state index in [2.05, 4.69) is 34.5 Å². The summed E-state index contributed by atoms with van der Waals surface area (Å²) >= 11 is 0. The third-order valence-corrected chi connectivity index (χ3v) is 4.39. The molecular weight excluding hydrogens is 288 g/mol. The summed E-state index contributed by atoms with van der Waals surface area (Å²) in [7, 11) is -3.84. The van der Waals surface area contributed by atoms with Crippen LogP contribution in [0.15, 0.2) is 30.6 Å². The van der Waals surface area contributed by atoms with Crippen LogP contribution in [-0.4, -0.2) is 23.3 Å². The molecule has 0 saturated heterocycles. The van der Waals surface area contributed by atoms with Crippen molar-refractivity contribution in [2.24, 2.45) is 0 Å². The zero-order valence-corrected chi connectivity index (χ0v) is 13.2. The summed E-state index contributed by atoms with van der Waals surface area (Å²) in [5, 5.41) is 0. The van der Waals surface area contributed by atoms with Crippen LogP contribution in [0, 0.1) is 0 Å². The molecule has 2 aromatic rings. The van der Waals surface area contributed by atoms with Gasteiger partial charge in [-0.15, -0.1) is 0 Å². The molecule has 116 valence electrons. The summed E-state index contributed by atoms with van der Waals surface area (Å²) in [6.07, 6.45) is 5.60. The fourth-order valence-electron chi connectivity index (χ4n) is 2.49. The second-order valence-electron chi connectivity index (χ2n) is 5.34. The average molecular weight is 311 g/mol. The van der Waals surface area contributed by atoms with Gasteiger partial charge in [0.15, 0.2) is 11.0 Å². The number of benzene rings is 1. The molecule has 0 atom stereocenters. The quantitative estimate of drug-likeness (QED) is 0.462. The largest absolute Gasteiger partial charge is 0.286 e. The molecule has 21 heavy (non-hydrogen) atoms. The van der Waals surface area contributed by atoms with Crippen molar-refractivity contribution in [3.05, 3.63) is 30.6 Å². The van der Waals surface area contributed by atoms with Crippen LogP contribution in [0.4, 0.5) is 0 Å². The van der Waals surface area contributed by atoms with Gasteiger partial charge in [0.1, 0.15) is 0 Å². The van der Waals surface area contributed by atoms with Gasteiger partial charge in [-0.25, -0.2) is 9.13 Å². The molecule has 0 aliphatic rings. The lowest BCUT2D eigenvalue weighted by Crippen LogP contribution is -2.32. The first-order chi connectivity index (χ1) is 10.0. The number of nitrogens with zero attached hydrogens (tertiary/aromatic N) is 2. The third-order valence-electron chi connectivity index (χ3n) is 3.58. The Morgan fingerprint density at radius 3 is 2.67 bits per heavy atom. The topological polar surface area (TPSA) is 63.2 Å². The second-order valence-corrected chi connectivity index (χ2v) is 6.91. The highest BCUT2D eigenvalue weighted by Gasteiger charge is 2.14. The lowest BCUT2D eigenvalue weighted by molar-refractivity contribution is -0.672. The molecule has 0 saturated carbocycles. The average Bonchev–Trinajstić information content (AvgIpc) is 2.79. The van der Waals surface area contributed by atoms with Crippen molar-refractivity contribution in [3.8, 4) is 0 Å². The van der Waals surface area contributed by atoms with Gasteiger partial charge in [0.2, 0.25) is 6.33 Å². The Kier molecular flexibility index (Phi) is 5.36. The van der Waals surface area contributed by atoms with Crippen molar-refractivity contribution in [2.45, 2.75) is 45.7 Å². The van der Waals surface area contributed by atoms with Gasteiger partial charge in [-0.1, -0.05) is 25.5 Å². The molecule has 0 aliphatic carbocycles. The van der Waals surface area contributed by atoms with Crippen molar-refractivity contribution in [1.29, 1.82) is 0 Å². The first kappa shape index (κ1) is 16.0. The van der Waals surface area contributed by atoms with Crippen molar-refractivity contribution in [3.63, 3.8) is 0 Å².